The predicted octanol–water partition coefficient (Wildman–Crippen LogP) is 1.90. The Labute approximate surface area is 150 Å². The number of nitrogens with zero attached hydrogens (tertiary/aromatic N) is 4. The number of carbonyl (C=O) groups is 1. The highest BCUT2D eigenvalue weighted by Crippen LogP contribution is 2.17. The molecule has 0 aliphatic rings. The highest BCUT2D eigenvalue weighted by molar-refractivity contribution is 7.90. The molecule has 0 spiro atoms. The number of carbonyl (C=O) groups excluding carboxylic acids is 1. The first-order valence-electron chi connectivity index (χ1n) is 7.57. The van der Waals surface area contributed by atoms with Crippen LogP contribution >= 0.6 is 0 Å². The third-order valence-corrected chi connectivity index (χ3v) is 4.67. The fraction of sp³-hybridized carbons (Fsp3) is 0.118. The van der Waals surface area contributed by atoms with Crippen LogP contribution in [0.25, 0.3) is 11.5 Å². The van der Waals surface area contributed by atoms with E-state index in [0.29, 0.717) is 22.6 Å². The Balaban J connectivity index is 1.85. The molecule has 0 aliphatic carbocycles. The minimum absolute atomic E-state index is 0.0808. The second-order valence-corrected chi connectivity index (χ2v) is 7.57. The molecule has 1 N–H and O–H groups in total. The summed E-state index contributed by atoms with van der Waals surface area (Å²) in [6.07, 6.45) is 4.02. The Bertz CT molecular complexity index is 1070. The van der Waals surface area contributed by atoms with Crippen LogP contribution < -0.4 is 5.32 Å². The smallest absolute Gasteiger partial charge is 0.258 e. The molecular weight excluding hydrogens is 354 g/mol. The zero-order chi connectivity index (χ0) is 18.7. The molecule has 0 saturated carbocycles. The summed E-state index contributed by atoms with van der Waals surface area (Å²) in [4.78, 5) is 28.9. The van der Waals surface area contributed by atoms with Crippen LogP contribution in [-0.2, 0) is 9.84 Å². The van der Waals surface area contributed by atoms with Crippen molar-refractivity contribution in [1.82, 2.24) is 19.9 Å². The van der Waals surface area contributed by atoms with E-state index in [-0.39, 0.29) is 10.8 Å². The maximum atomic E-state index is 12.5. The Morgan fingerprint density at radius 2 is 1.88 bits per heavy atom. The summed E-state index contributed by atoms with van der Waals surface area (Å²) >= 11 is 0. The first kappa shape index (κ1) is 17.6. The normalized spacial score (nSPS) is 11.2. The Morgan fingerprint density at radius 3 is 2.54 bits per heavy atom. The molecular formula is C17H15N5O3S. The van der Waals surface area contributed by atoms with Crippen molar-refractivity contribution in [2.75, 3.05) is 11.6 Å². The minimum Gasteiger partial charge on any atom is -0.290 e. The number of pyridine rings is 1. The number of nitrogens with one attached hydrogen (secondary N) is 1. The summed E-state index contributed by atoms with van der Waals surface area (Å²) in [6, 6.07) is 9.63. The van der Waals surface area contributed by atoms with Crippen molar-refractivity contribution in [3.8, 4) is 11.5 Å². The highest BCUT2D eigenvalue weighted by atomic mass is 32.2. The summed E-state index contributed by atoms with van der Waals surface area (Å²) in [5.41, 5.74) is 1.42. The van der Waals surface area contributed by atoms with Gasteiger partial charge in [0, 0.05) is 18.0 Å². The lowest BCUT2D eigenvalue weighted by molar-refractivity contribution is 0.102. The summed E-state index contributed by atoms with van der Waals surface area (Å²) in [5, 5.41) is 2.59. The molecule has 1 amide bonds. The van der Waals surface area contributed by atoms with Crippen LogP contribution in [0, 0.1) is 6.92 Å². The summed E-state index contributed by atoms with van der Waals surface area (Å²) < 4.78 is 23.2. The van der Waals surface area contributed by atoms with Gasteiger partial charge in [-0.3, -0.25) is 15.1 Å². The first-order valence-corrected chi connectivity index (χ1v) is 9.46. The van der Waals surface area contributed by atoms with Crippen molar-refractivity contribution in [1.29, 1.82) is 0 Å². The number of aromatic nitrogens is 4. The van der Waals surface area contributed by atoms with Crippen LogP contribution in [-0.4, -0.2) is 40.5 Å². The third-order valence-electron chi connectivity index (χ3n) is 3.56. The number of benzene rings is 1. The topological polar surface area (TPSA) is 115 Å². The highest BCUT2D eigenvalue weighted by Gasteiger charge is 2.15. The van der Waals surface area contributed by atoms with E-state index in [4.69, 9.17) is 0 Å². The average Bonchev–Trinajstić information content (AvgIpc) is 2.61. The van der Waals surface area contributed by atoms with Crippen LogP contribution in [0.5, 0.6) is 0 Å². The van der Waals surface area contributed by atoms with Crippen molar-refractivity contribution in [2.24, 2.45) is 0 Å². The molecule has 8 nitrogen and oxygen atoms in total. The van der Waals surface area contributed by atoms with Gasteiger partial charge in [0.2, 0.25) is 5.95 Å². The lowest BCUT2D eigenvalue weighted by atomic mass is 10.1. The summed E-state index contributed by atoms with van der Waals surface area (Å²) in [5.74, 6) is -0.0296. The molecule has 0 fully saturated rings. The number of aryl methyl sites for hydroxylation is 1. The molecule has 0 saturated heterocycles. The Kier molecular flexibility index (Phi) is 4.72. The fourth-order valence-electron chi connectivity index (χ4n) is 2.27. The lowest BCUT2D eigenvalue weighted by Crippen LogP contribution is -2.16. The number of anilines is 1. The number of hydrogen-bond donors (Lipinski definition) is 1. The number of hydrogen-bond acceptors (Lipinski definition) is 7. The van der Waals surface area contributed by atoms with E-state index in [1.165, 1.54) is 24.5 Å². The zero-order valence-corrected chi connectivity index (χ0v) is 14.9. The van der Waals surface area contributed by atoms with Gasteiger partial charge < -0.3 is 0 Å². The van der Waals surface area contributed by atoms with Crippen LogP contribution in [0.1, 0.15) is 15.9 Å². The average molecular weight is 369 g/mol. The third kappa shape index (κ3) is 3.89. The maximum absolute atomic E-state index is 12.5. The molecule has 1 aromatic carbocycles. The molecule has 3 rings (SSSR count). The van der Waals surface area contributed by atoms with Crippen molar-refractivity contribution >= 4 is 21.7 Å². The van der Waals surface area contributed by atoms with Crippen LogP contribution in [0.4, 0.5) is 5.95 Å². The van der Waals surface area contributed by atoms with Gasteiger partial charge >= 0.3 is 0 Å². The van der Waals surface area contributed by atoms with E-state index in [1.807, 2.05) is 0 Å². The molecule has 3 aromatic rings. The number of amides is 1. The van der Waals surface area contributed by atoms with E-state index >= 15 is 0 Å². The molecule has 0 aliphatic heterocycles. The number of rotatable bonds is 4. The summed E-state index contributed by atoms with van der Waals surface area (Å²) in [6.45, 7) is 1.66. The van der Waals surface area contributed by atoms with E-state index in [9.17, 15) is 13.2 Å². The van der Waals surface area contributed by atoms with Gasteiger partial charge in [-0.15, -0.1) is 0 Å². The van der Waals surface area contributed by atoms with E-state index in [2.05, 4.69) is 25.3 Å². The van der Waals surface area contributed by atoms with E-state index in [1.54, 1.807) is 31.3 Å². The molecule has 2 heterocycles. The van der Waals surface area contributed by atoms with E-state index in [0.717, 1.165) is 6.26 Å². The van der Waals surface area contributed by atoms with Gasteiger partial charge in [-0.05, 0) is 42.8 Å². The molecule has 2 aromatic heterocycles. The van der Waals surface area contributed by atoms with Gasteiger partial charge in [-0.25, -0.2) is 18.4 Å². The number of sulfone groups is 1. The van der Waals surface area contributed by atoms with Crippen LogP contribution in [0.2, 0.25) is 0 Å². The predicted molar refractivity (Wildman–Crippen MR) is 95.3 cm³/mol. The fourth-order valence-corrected chi connectivity index (χ4v) is 2.97. The molecule has 0 radical (unpaired) electrons. The van der Waals surface area contributed by atoms with Crippen LogP contribution in [0.15, 0.2) is 53.8 Å². The van der Waals surface area contributed by atoms with Crippen molar-refractivity contribution in [3.63, 3.8) is 0 Å². The molecule has 0 atom stereocenters. The second-order valence-electron chi connectivity index (χ2n) is 5.55. The monoisotopic (exact) mass is 369 g/mol. The lowest BCUT2D eigenvalue weighted by Gasteiger charge is -2.08. The Hall–Kier alpha value is -3.20. The Morgan fingerprint density at radius 1 is 1.08 bits per heavy atom. The maximum Gasteiger partial charge on any atom is 0.258 e. The molecule has 0 unspecified atom stereocenters. The van der Waals surface area contributed by atoms with Gasteiger partial charge in [0.1, 0.15) is 12.0 Å². The second kappa shape index (κ2) is 6.96. The SMILES string of the molecule is Cc1cc(S(C)(=O)=O)ccc1C(=O)Nc1ncnc(-c2ccccn2)n1. The summed E-state index contributed by atoms with van der Waals surface area (Å²) in [7, 11) is -3.33. The molecule has 26 heavy (non-hydrogen) atoms. The zero-order valence-electron chi connectivity index (χ0n) is 14.0. The molecule has 0 bridgehead atoms. The van der Waals surface area contributed by atoms with E-state index < -0.39 is 15.7 Å². The van der Waals surface area contributed by atoms with Gasteiger partial charge in [-0.1, -0.05) is 6.07 Å². The van der Waals surface area contributed by atoms with Gasteiger partial charge in [0.25, 0.3) is 5.91 Å². The van der Waals surface area contributed by atoms with Crippen molar-refractivity contribution < 1.29 is 13.2 Å². The van der Waals surface area contributed by atoms with Crippen molar-refractivity contribution in [3.05, 3.63) is 60.0 Å². The molecule has 132 valence electrons. The van der Waals surface area contributed by atoms with Gasteiger partial charge in [0.15, 0.2) is 15.7 Å². The quantitative estimate of drug-likeness (QED) is 0.747. The first-order chi connectivity index (χ1) is 12.3. The van der Waals surface area contributed by atoms with Gasteiger partial charge in [-0.2, -0.15) is 4.98 Å². The minimum atomic E-state index is -3.33. The van der Waals surface area contributed by atoms with Crippen molar-refractivity contribution in [2.45, 2.75) is 11.8 Å². The standard InChI is InChI=1S/C17H15N5O3S/c1-11-9-12(26(2,24)25)6-7-13(11)16(23)22-17-20-10-19-15(21-17)14-5-3-4-8-18-14/h3-10H,1-2H3,(H,19,20,21,22,23). The molecule has 9 heteroatoms. The van der Waals surface area contributed by atoms with Crippen LogP contribution in [0.3, 0.4) is 0 Å². The largest absolute Gasteiger partial charge is 0.290 e. The van der Waals surface area contributed by atoms with Gasteiger partial charge in [0.05, 0.1) is 4.90 Å².